The number of carbonyl (C=O) groups is 1. The average molecular weight is 375 g/mol. The third kappa shape index (κ3) is 4.15. The van der Waals surface area contributed by atoms with Crippen molar-refractivity contribution in [3.63, 3.8) is 0 Å². The molecule has 4 rings (SSSR count). The van der Waals surface area contributed by atoms with Crippen molar-refractivity contribution in [1.29, 1.82) is 0 Å². The molecule has 0 saturated heterocycles. The van der Waals surface area contributed by atoms with Crippen molar-refractivity contribution in [2.75, 3.05) is 6.54 Å². The molecular formula is C20H17N5OS. The molecule has 0 saturated carbocycles. The number of aryl methyl sites for hydroxylation is 1. The van der Waals surface area contributed by atoms with Gasteiger partial charge >= 0.3 is 0 Å². The number of rotatable bonds is 6. The highest BCUT2D eigenvalue weighted by Gasteiger charge is 2.08. The normalized spacial score (nSPS) is 10.8. The van der Waals surface area contributed by atoms with Gasteiger partial charge in [-0.15, -0.1) is 11.3 Å². The minimum atomic E-state index is -0.169. The van der Waals surface area contributed by atoms with E-state index in [2.05, 4.69) is 31.3 Å². The number of nitrogens with zero attached hydrogens (tertiary/aromatic N) is 4. The van der Waals surface area contributed by atoms with Gasteiger partial charge in [-0.25, -0.2) is 15.0 Å². The van der Waals surface area contributed by atoms with Crippen LogP contribution in [0.1, 0.15) is 21.8 Å². The lowest BCUT2D eigenvalue weighted by Crippen LogP contribution is -2.25. The molecule has 27 heavy (non-hydrogen) atoms. The fraction of sp³-hybridized carbons (Fsp3) is 0.150. The first kappa shape index (κ1) is 17.2. The number of amides is 1. The van der Waals surface area contributed by atoms with E-state index in [4.69, 9.17) is 0 Å². The van der Waals surface area contributed by atoms with E-state index in [9.17, 15) is 4.79 Å². The number of hydrogen-bond donors (Lipinski definition) is 1. The zero-order valence-electron chi connectivity index (χ0n) is 14.5. The van der Waals surface area contributed by atoms with Crippen molar-refractivity contribution in [2.24, 2.45) is 0 Å². The average Bonchev–Trinajstić information content (AvgIpc) is 3.15. The molecule has 0 aliphatic rings. The van der Waals surface area contributed by atoms with Gasteiger partial charge in [-0.05, 0) is 30.7 Å². The van der Waals surface area contributed by atoms with Crippen LogP contribution in [-0.2, 0) is 6.42 Å². The summed E-state index contributed by atoms with van der Waals surface area (Å²) in [6, 6.07) is 11.8. The summed E-state index contributed by atoms with van der Waals surface area (Å²) in [6.45, 7) is 0.582. The van der Waals surface area contributed by atoms with E-state index in [1.165, 1.54) is 17.1 Å². The topological polar surface area (TPSA) is 80.7 Å². The fourth-order valence-electron chi connectivity index (χ4n) is 2.66. The number of thiazole rings is 1. The number of pyridine rings is 1. The van der Waals surface area contributed by atoms with E-state index in [0.29, 0.717) is 17.9 Å². The Morgan fingerprint density at radius 3 is 2.67 bits per heavy atom. The number of hydrogen-bond acceptors (Lipinski definition) is 6. The van der Waals surface area contributed by atoms with Crippen LogP contribution in [0.4, 0.5) is 0 Å². The van der Waals surface area contributed by atoms with Gasteiger partial charge in [-0.3, -0.25) is 9.78 Å². The van der Waals surface area contributed by atoms with Crippen molar-refractivity contribution >= 4 is 27.5 Å². The smallest absolute Gasteiger partial charge is 0.254 e. The first-order valence-electron chi connectivity index (χ1n) is 8.65. The molecular weight excluding hydrogens is 358 g/mol. The lowest BCUT2D eigenvalue weighted by Gasteiger charge is -2.05. The number of carbonyl (C=O) groups excluding carboxylic acids is 1. The maximum absolute atomic E-state index is 12.2. The van der Waals surface area contributed by atoms with Crippen molar-refractivity contribution in [3.05, 3.63) is 71.8 Å². The fourth-order valence-corrected chi connectivity index (χ4v) is 3.67. The Morgan fingerprint density at radius 2 is 1.89 bits per heavy atom. The lowest BCUT2D eigenvalue weighted by molar-refractivity contribution is 0.0952. The summed E-state index contributed by atoms with van der Waals surface area (Å²) in [5.74, 6) is 0.382. The molecule has 3 heterocycles. The molecule has 7 heteroatoms. The zero-order valence-corrected chi connectivity index (χ0v) is 15.3. The van der Waals surface area contributed by atoms with Crippen molar-refractivity contribution < 1.29 is 4.79 Å². The van der Waals surface area contributed by atoms with Crippen LogP contribution in [0.15, 0.2) is 61.2 Å². The van der Waals surface area contributed by atoms with Crippen LogP contribution in [0.3, 0.4) is 0 Å². The van der Waals surface area contributed by atoms with Gasteiger partial charge in [0.2, 0.25) is 0 Å². The van der Waals surface area contributed by atoms with E-state index in [1.54, 1.807) is 23.7 Å². The van der Waals surface area contributed by atoms with Crippen molar-refractivity contribution in [2.45, 2.75) is 12.8 Å². The van der Waals surface area contributed by atoms with Crippen LogP contribution in [0.5, 0.6) is 0 Å². The standard InChI is InChI=1S/C20H17N5OS/c26-20(15-12-23-19(24-13-15)14-5-3-9-21-11-14)22-10-4-8-18-25-16-6-1-2-7-17(16)27-18/h1-3,5-7,9,11-13H,4,8,10H2,(H,22,26). The van der Waals surface area contributed by atoms with Crippen LogP contribution >= 0.6 is 11.3 Å². The van der Waals surface area contributed by atoms with E-state index >= 15 is 0 Å². The Bertz CT molecular complexity index is 1010. The molecule has 0 aliphatic heterocycles. The van der Waals surface area contributed by atoms with Crippen LogP contribution in [0.2, 0.25) is 0 Å². The summed E-state index contributed by atoms with van der Waals surface area (Å²) in [5.41, 5.74) is 2.30. The second-order valence-electron chi connectivity index (χ2n) is 5.97. The summed E-state index contributed by atoms with van der Waals surface area (Å²) in [7, 11) is 0. The molecule has 6 nitrogen and oxygen atoms in total. The van der Waals surface area contributed by atoms with E-state index in [0.717, 1.165) is 28.9 Å². The zero-order chi connectivity index (χ0) is 18.5. The predicted molar refractivity (Wildman–Crippen MR) is 106 cm³/mol. The van der Waals surface area contributed by atoms with Gasteiger partial charge in [-0.2, -0.15) is 0 Å². The van der Waals surface area contributed by atoms with Crippen LogP contribution in [-0.4, -0.2) is 32.4 Å². The number of benzene rings is 1. The van der Waals surface area contributed by atoms with Crippen LogP contribution in [0.25, 0.3) is 21.6 Å². The number of nitrogens with one attached hydrogen (secondary N) is 1. The summed E-state index contributed by atoms with van der Waals surface area (Å²) >= 11 is 1.70. The summed E-state index contributed by atoms with van der Waals surface area (Å²) in [4.78, 5) is 29.4. The van der Waals surface area contributed by atoms with E-state index in [-0.39, 0.29) is 5.91 Å². The molecule has 1 aromatic carbocycles. The lowest BCUT2D eigenvalue weighted by atomic mass is 10.2. The molecule has 3 aromatic heterocycles. The van der Waals surface area contributed by atoms with Gasteiger partial charge in [0.15, 0.2) is 5.82 Å². The summed E-state index contributed by atoms with van der Waals surface area (Å²) in [5, 5.41) is 4.00. The summed E-state index contributed by atoms with van der Waals surface area (Å²) < 4.78 is 1.20. The highest BCUT2D eigenvalue weighted by molar-refractivity contribution is 7.18. The number of fused-ring (bicyclic) bond motifs is 1. The van der Waals surface area contributed by atoms with Gasteiger partial charge in [0.25, 0.3) is 5.91 Å². The maximum Gasteiger partial charge on any atom is 0.254 e. The quantitative estimate of drug-likeness (QED) is 0.522. The first-order chi connectivity index (χ1) is 13.3. The number of aromatic nitrogens is 4. The second-order valence-corrected chi connectivity index (χ2v) is 7.09. The molecule has 0 radical (unpaired) electrons. The van der Waals surface area contributed by atoms with Crippen molar-refractivity contribution in [3.8, 4) is 11.4 Å². The van der Waals surface area contributed by atoms with Crippen LogP contribution in [0, 0.1) is 0 Å². The SMILES string of the molecule is O=C(NCCCc1nc2ccccc2s1)c1cnc(-c2cccnc2)nc1. The third-order valence-electron chi connectivity index (χ3n) is 4.02. The van der Waals surface area contributed by atoms with Crippen LogP contribution < -0.4 is 5.32 Å². The van der Waals surface area contributed by atoms with Gasteiger partial charge in [0.05, 0.1) is 20.8 Å². The Balaban J connectivity index is 1.29. The van der Waals surface area contributed by atoms with Gasteiger partial charge in [-0.1, -0.05) is 12.1 Å². The molecule has 4 aromatic rings. The molecule has 1 amide bonds. The Kier molecular flexibility index (Phi) is 5.11. The highest BCUT2D eigenvalue weighted by Crippen LogP contribution is 2.22. The van der Waals surface area contributed by atoms with Gasteiger partial charge in [0.1, 0.15) is 0 Å². The van der Waals surface area contributed by atoms with Gasteiger partial charge < -0.3 is 5.32 Å². The molecule has 0 fully saturated rings. The largest absolute Gasteiger partial charge is 0.352 e. The monoisotopic (exact) mass is 375 g/mol. The molecule has 0 aliphatic carbocycles. The second kappa shape index (κ2) is 8.01. The maximum atomic E-state index is 12.2. The first-order valence-corrected chi connectivity index (χ1v) is 9.46. The minimum Gasteiger partial charge on any atom is -0.352 e. The van der Waals surface area contributed by atoms with Crippen molar-refractivity contribution in [1.82, 2.24) is 25.3 Å². The Morgan fingerprint density at radius 1 is 1.04 bits per heavy atom. The minimum absolute atomic E-state index is 0.169. The third-order valence-corrected chi connectivity index (χ3v) is 5.12. The molecule has 0 bridgehead atoms. The molecule has 0 atom stereocenters. The molecule has 1 N–H and O–H groups in total. The Hall–Kier alpha value is -3.19. The summed E-state index contributed by atoms with van der Waals surface area (Å²) in [6.07, 6.45) is 8.14. The Labute approximate surface area is 160 Å². The number of para-hydroxylation sites is 1. The van der Waals surface area contributed by atoms with Gasteiger partial charge in [0, 0.05) is 43.3 Å². The van der Waals surface area contributed by atoms with E-state index < -0.39 is 0 Å². The molecule has 0 unspecified atom stereocenters. The predicted octanol–water partition coefficient (Wildman–Crippen LogP) is 3.51. The highest BCUT2D eigenvalue weighted by atomic mass is 32.1. The molecule has 0 spiro atoms. The van der Waals surface area contributed by atoms with E-state index in [1.807, 2.05) is 30.3 Å². The molecule has 134 valence electrons.